The zero-order chi connectivity index (χ0) is 13.8. The van der Waals surface area contributed by atoms with Gasteiger partial charge in [-0.1, -0.05) is 0 Å². The molecule has 0 saturated heterocycles. The highest BCUT2D eigenvalue weighted by Gasteiger charge is 2.06. The summed E-state index contributed by atoms with van der Waals surface area (Å²) in [4.78, 5) is 8.73. The van der Waals surface area contributed by atoms with Crippen LogP contribution >= 0.6 is 11.3 Å². The molecule has 0 aromatic carbocycles. The Morgan fingerprint density at radius 3 is 2.68 bits per heavy atom. The number of aromatic nitrogens is 2. The maximum Gasteiger partial charge on any atom is 0.226 e. The minimum Gasteiger partial charge on any atom is -0.475 e. The van der Waals surface area contributed by atoms with Gasteiger partial charge in [-0.25, -0.2) is 4.98 Å². The lowest BCUT2D eigenvalue weighted by atomic mass is 10.2. The number of nitrogens with zero attached hydrogens (tertiary/aromatic N) is 2. The number of rotatable bonds is 5. The van der Waals surface area contributed by atoms with Gasteiger partial charge < -0.3 is 10.1 Å². The Hall–Kier alpha value is -1.62. The molecule has 2 rings (SSSR count). The van der Waals surface area contributed by atoms with E-state index >= 15 is 0 Å². The SMILES string of the molecule is Cc1cc(OC(C)C)nc(NCc2cscc2C)n1. The first-order valence-electron chi connectivity index (χ1n) is 6.32. The van der Waals surface area contributed by atoms with Gasteiger partial charge in [-0.05, 0) is 49.6 Å². The van der Waals surface area contributed by atoms with Gasteiger partial charge in [0.15, 0.2) is 0 Å². The summed E-state index contributed by atoms with van der Waals surface area (Å²) in [5.74, 6) is 1.23. The van der Waals surface area contributed by atoms with Gasteiger partial charge in [-0.15, -0.1) is 0 Å². The molecule has 0 spiro atoms. The molecule has 102 valence electrons. The molecule has 0 radical (unpaired) electrons. The maximum absolute atomic E-state index is 5.61. The molecule has 1 N–H and O–H groups in total. The summed E-state index contributed by atoms with van der Waals surface area (Å²) in [5, 5.41) is 7.53. The van der Waals surface area contributed by atoms with Crippen molar-refractivity contribution in [2.45, 2.75) is 40.3 Å². The Bertz CT molecular complexity index is 551. The zero-order valence-electron chi connectivity index (χ0n) is 11.7. The van der Waals surface area contributed by atoms with Gasteiger partial charge in [0, 0.05) is 18.3 Å². The van der Waals surface area contributed by atoms with Crippen LogP contribution in [0.3, 0.4) is 0 Å². The molecule has 0 aliphatic heterocycles. The lowest BCUT2D eigenvalue weighted by Crippen LogP contribution is -2.10. The van der Waals surface area contributed by atoms with Crippen molar-refractivity contribution in [3.8, 4) is 5.88 Å². The van der Waals surface area contributed by atoms with Crippen molar-refractivity contribution in [2.75, 3.05) is 5.32 Å². The molecular formula is C14H19N3OS. The minimum absolute atomic E-state index is 0.112. The van der Waals surface area contributed by atoms with Crippen molar-refractivity contribution in [1.82, 2.24) is 9.97 Å². The molecule has 2 heterocycles. The number of hydrogen-bond donors (Lipinski definition) is 1. The van der Waals surface area contributed by atoms with Crippen molar-refractivity contribution in [2.24, 2.45) is 0 Å². The summed E-state index contributed by atoms with van der Waals surface area (Å²) in [7, 11) is 0. The van der Waals surface area contributed by atoms with E-state index in [0.717, 1.165) is 12.2 Å². The van der Waals surface area contributed by atoms with Crippen LogP contribution in [0.5, 0.6) is 5.88 Å². The van der Waals surface area contributed by atoms with Gasteiger partial charge in [-0.2, -0.15) is 16.3 Å². The summed E-state index contributed by atoms with van der Waals surface area (Å²) in [6.45, 7) is 8.76. The molecule has 19 heavy (non-hydrogen) atoms. The van der Waals surface area contributed by atoms with Crippen LogP contribution in [0.4, 0.5) is 5.95 Å². The zero-order valence-corrected chi connectivity index (χ0v) is 12.5. The predicted octanol–water partition coefficient (Wildman–Crippen LogP) is 3.55. The molecule has 0 bridgehead atoms. The first kappa shape index (κ1) is 13.8. The summed E-state index contributed by atoms with van der Waals surface area (Å²) >= 11 is 1.71. The Morgan fingerprint density at radius 2 is 2.05 bits per heavy atom. The first-order valence-corrected chi connectivity index (χ1v) is 7.26. The average molecular weight is 277 g/mol. The van der Waals surface area contributed by atoms with Crippen LogP contribution in [-0.2, 0) is 6.54 Å². The van der Waals surface area contributed by atoms with E-state index in [-0.39, 0.29) is 6.10 Å². The number of aryl methyl sites for hydroxylation is 2. The summed E-state index contributed by atoms with van der Waals surface area (Å²) in [6, 6.07) is 1.85. The molecule has 0 amide bonds. The standard InChI is InChI=1S/C14H19N3OS/c1-9(2)18-13-5-11(4)16-14(17-13)15-6-12-8-19-7-10(12)3/h5,7-9H,6H2,1-4H3,(H,15,16,17). The van der Waals surface area contributed by atoms with Crippen molar-refractivity contribution in [3.63, 3.8) is 0 Å². The van der Waals surface area contributed by atoms with Crippen molar-refractivity contribution in [3.05, 3.63) is 33.6 Å². The molecule has 4 nitrogen and oxygen atoms in total. The van der Waals surface area contributed by atoms with Gasteiger partial charge in [0.1, 0.15) is 0 Å². The highest BCUT2D eigenvalue weighted by molar-refractivity contribution is 7.08. The Balaban J connectivity index is 2.07. The summed E-state index contributed by atoms with van der Waals surface area (Å²) < 4.78 is 5.61. The molecule has 0 unspecified atom stereocenters. The summed E-state index contributed by atoms with van der Waals surface area (Å²) in [5.41, 5.74) is 3.47. The monoisotopic (exact) mass is 277 g/mol. The van der Waals surface area contributed by atoms with Crippen LogP contribution in [0.15, 0.2) is 16.8 Å². The average Bonchev–Trinajstić information content (AvgIpc) is 2.70. The van der Waals surface area contributed by atoms with E-state index in [0.29, 0.717) is 11.8 Å². The molecule has 0 atom stereocenters. The number of ether oxygens (including phenoxy) is 1. The number of hydrogen-bond acceptors (Lipinski definition) is 5. The highest BCUT2D eigenvalue weighted by Crippen LogP contribution is 2.17. The largest absolute Gasteiger partial charge is 0.475 e. The fraction of sp³-hybridized carbons (Fsp3) is 0.429. The quantitative estimate of drug-likeness (QED) is 0.908. The predicted molar refractivity (Wildman–Crippen MR) is 78.9 cm³/mol. The molecule has 2 aromatic rings. The van der Waals surface area contributed by atoms with Crippen molar-refractivity contribution >= 4 is 17.3 Å². The van der Waals surface area contributed by atoms with Crippen molar-refractivity contribution in [1.29, 1.82) is 0 Å². The summed E-state index contributed by atoms with van der Waals surface area (Å²) in [6.07, 6.45) is 0.112. The van der Waals surface area contributed by atoms with Crippen molar-refractivity contribution < 1.29 is 4.74 Å². The highest BCUT2D eigenvalue weighted by atomic mass is 32.1. The molecule has 0 fully saturated rings. The van der Waals surface area contributed by atoms with Gasteiger partial charge in [0.2, 0.25) is 11.8 Å². The van der Waals surface area contributed by atoms with E-state index in [2.05, 4.69) is 33.0 Å². The molecule has 0 saturated carbocycles. The molecule has 0 aliphatic carbocycles. The third-order valence-electron chi connectivity index (χ3n) is 2.59. The lowest BCUT2D eigenvalue weighted by Gasteiger charge is -2.11. The smallest absolute Gasteiger partial charge is 0.226 e. The van der Waals surface area contributed by atoms with Crippen LogP contribution in [0.1, 0.15) is 30.7 Å². The third kappa shape index (κ3) is 3.92. The van der Waals surface area contributed by atoms with E-state index in [4.69, 9.17) is 4.74 Å². The Morgan fingerprint density at radius 1 is 1.26 bits per heavy atom. The molecule has 2 aromatic heterocycles. The normalized spacial score (nSPS) is 10.8. The Kier molecular flexibility index (Phi) is 4.37. The lowest BCUT2D eigenvalue weighted by molar-refractivity contribution is 0.232. The fourth-order valence-corrected chi connectivity index (χ4v) is 2.52. The number of anilines is 1. The van der Waals surface area contributed by atoms with Crippen LogP contribution < -0.4 is 10.1 Å². The topological polar surface area (TPSA) is 47.0 Å². The number of thiophene rings is 1. The number of nitrogens with one attached hydrogen (secondary N) is 1. The second-order valence-corrected chi connectivity index (χ2v) is 5.51. The van der Waals surface area contributed by atoms with Gasteiger partial charge in [-0.3, -0.25) is 0 Å². The van der Waals surface area contributed by atoms with Crippen LogP contribution in [0, 0.1) is 13.8 Å². The van der Waals surface area contributed by atoms with E-state index in [1.165, 1.54) is 11.1 Å². The van der Waals surface area contributed by atoms with E-state index in [1.807, 2.05) is 26.8 Å². The van der Waals surface area contributed by atoms with Gasteiger partial charge >= 0.3 is 0 Å². The fourth-order valence-electron chi connectivity index (χ4n) is 1.66. The van der Waals surface area contributed by atoms with Gasteiger partial charge in [0.05, 0.1) is 6.10 Å². The minimum atomic E-state index is 0.112. The molecular weight excluding hydrogens is 258 g/mol. The van der Waals surface area contributed by atoms with E-state index < -0.39 is 0 Å². The second-order valence-electron chi connectivity index (χ2n) is 4.77. The van der Waals surface area contributed by atoms with Gasteiger partial charge in [0.25, 0.3) is 0 Å². The van der Waals surface area contributed by atoms with Crippen LogP contribution in [0.2, 0.25) is 0 Å². The van der Waals surface area contributed by atoms with E-state index in [1.54, 1.807) is 11.3 Å². The van der Waals surface area contributed by atoms with Crippen LogP contribution in [-0.4, -0.2) is 16.1 Å². The second kappa shape index (κ2) is 6.02. The molecule has 0 aliphatic rings. The first-order chi connectivity index (χ1) is 9.04. The van der Waals surface area contributed by atoms with Crippen LogP contribution in [0.25, 0.3) is 0 Å². The third-order valence-corrected chi connectivity index (χ3v) is 3.50. The molecule has 5 heteroatoms. The van der Waals surface area contributed by atoms with E-state index in [9.17, 15) is 0 Å². The Labute approximate surface area is 117 Å². The maximum atomic E-state index is 5.61.